The van der Waals surface area contributed by atoms with Crippen molar-refractivity contribution in [2.75, 3.05) is 49.2 Å². The van der Waals surface area contributed by atoms with Crippen molar-refractivity contribution < 1.29 is 4.74 Å². The topological polar surface area (TPSA) is 165 Å². The first-order valence-corrected chi connectivity index (χ1v) is 16.0. The van der Waals surface area contributed by atoms with Crippen LogP contribution in [0.5, 0.6) is 0 Å². The first kappa shape index (κ1) is 32.5. The summed E-state index contributed by atoms with van der Waals surface area (Å²) in [7, 11) is 0. The molecule has 13 heteroatoms. The summed E-state index contributed by atoms with van der Waals surface area (Å²) >= 11 is 1.78. The van der Waals surface area contributed by atoms with E-state index in [0.29, 0.717) is 36.9 Å². The Kier molecular flexibility index (Phi) is 11.6. The lowest BCUT2D eigenvalue weighted by molar-refractivity contribution is 0.0773. The third-order valence-corrected chi connectivity index (χ3v) is 8.05. The number of aryl methyl sites for hydroxylation is 2. The van der Waals surface area contributed by atoms with Crippen LogP contribution in [0.25, 0.3) is 21.8 Å². The lowest BCUT2D eigenvalue weighted by atomic mass is 10.2. The Balaban J connectivity index is 0.000000182. The normalized spacial score (nSPS) is 14.1. The van der Waals surface area contributed by atoms with E-state index in [1.165, 1.54) is 0 Å². The van der Waals surface area contributed by atoms with Gasteiger partial charge in [0.15, 0.2) is 11.9 Å². The minimum atomic E-state index is 0.304. The van der Waals surface area contributed by atoms with E-state index < -0.39 is 0 Å². The van der Waals surface area contributed by atoms with Crippen LogP contribution < -0.4 is 22.1 Å². The van der Waals surface area contributed by atoms with Crippen LogP contribution in [0, 0.1) is 13.8 Å². The maximum Gasteiger partial charge on any atom is 0.230 e. The third-order valence-electron chi connectivity index (χ3n) is 6.96. The monoisotopic (exact) mass is 637 g/mol. The van der Waals surface area contributed by atoms with Crippen LogP contribution in [-0.4, -0.2) is 74.8 Å². The van der Waals surface area contributed by atoms with Crippen LogP contribution in [0.3, 0.4) is 0 Å². The number of hydrogen-bond donors (Lipinski definition) is 4. The Hall–Kier alpha value is -4.85. The molecule has 0 amide bonds. The first-order chi connectivity index (χ1) is 22.4. The van der Waals surface area contributed by atoms with Gasteiger partial charge in [-0.1, -0.05) is 78.7 Å². The Morgan fingerprint density at radius 1 is 0.739 bits per heavy atom. The summed E-state index contributed by atoms with van der Waals surface area (Å²) in [6, 6.07) is 25.7. The molecule has 1 aliphatic heterocycles. The smallest absolute Gasteiger partial charge is 0.230 e. The molecule has 12 nitrogen and oxygen atoms in total. The summed E-state index contributed by atoms with van der Waals surface area (Å²) in [5.41, 5.74) is 16.5. The van der Waals surface area contributed by atoms with Gasteiger partial charge in [0.25, 0.3) is 0 Å². The van der Waals surface area contributed by atoms with Crippen LogP contribution in [0.15, 0.2) is 88.8 Å². The SMILES string of the molecule is Cc1nc(NC(N)=NCCSN2CCOCC2)nc2ccccc12.Cc1nc(NC(N)=NCc2ccccc2)nc2ccccc12. The Labute approximate surface area is 273 Å². The minimum absolute atomic E-state index is 0.304. The van der Waals surface area contributed by atoms with Crippen LogP contribution in [0.1, 0.15) is 17.0 Å². The van der Waals surface area contributed by atoms with Gasteiger partial charge in [-0.3, -0.25) is 15.6 Å². The van der Waals surface area contributed by atoms with Gasteiger partial charge in [-0.15, -0.1) is 0 Å². The van der Waals surface area contributed by atoms with E-state index in [-0.39, 0.29) is 0 Å². The zero-order chi connectivity index (χ0) is 32.1. The number of ether oxygens (including phenoxy) is 1. The Morgan fingerprint density at radius 3 is 1.85 bits per heavy atom. The molecular weight excluding hydrogens is 599 g/mol. The van der Waals surface area contributed by atoms with Gasteiger partial charge in [-0.2, -0.15) is 0 Å². The van der Waals surface area contributed by atoms with Gasteiger partial charge < -0.3 is 16.2 Å². The summed E-state index contributed by atoms with van der Waals surface area (Å²) in [6.45, 7) is 8.61. The zero-order valence-corrected chi connectivity index (χ0v) is 26.9. The predicted octanol–water partition coefficient (Wildman–Crippen LogP) is 4.51. The van der Waals surface area contributed by atoms with Crippen molar-refractivity contribution >= 4 is 57.6 Å². The highest BCUT2D eigenvalue weighted by Crippen LogP contribution is 2.17. The molecule has 5 aromatic rings. The number of aromatic nitrogens is 4. The number of fused-ring (bicyclic) bond motifs is 2. The quantitative estimate of drug-likeness (QED) is 0.0819. The number of aliphatic imine (C=N–C) groups is 2. The molecule has 6 N–H and O–H groups in total. The van der Waals surface area contributed by atoms with Crippen LogP contribution in [0.4, 0.5) is 11.9 Å². The van der Waals surface area contributed by atoms with Crippen molar-refractivity contribution in [2.24, 2.45) is 21.5 Å². The van der Waals surface area contributed by atoms with Crippen molar-refractivity contribution in [1.82, 2.24) is 24.2 Å². The maximum absolute atomic E-state index is 5.94. The number of nitrogens with one attached hydrogen (secondary N) is 2. The van der Waals surface area contributed by atoms with Crippen molar-refractivity contribution in [2.45, 2.75) is 20.4 Å². The second kappa shape index (κ2) is 16.5. The molecule has 1 aliphatic rings. The molecule has 0 radical (unpaired) electrons. The van der Waals surface area contributed by atoms with Crippen LogP contribution in [-0.2, 0) is 11.3 Å². The van der Waals surface area contributed by atoms with Crippen molar-refractivity contribution in [3.05, 3.63) is 95.8 Å². The molecule has 238 valence electrons. The van der Waals surface area contributed by atoms with Crippen molar-refractivity contribution in [1.29, 1.82) is 0 Å². The van der Waals surface area contributed by atoms with Crippen LogP contribution in [0.2, 0.25) is 0 Å². The second-order valence-corrected chi connectivity index (χ2v) is 11.6. The molecule has 2 aromatic heterocycles. The number of benzene rings is 3. The molecule has 0 bridgehead atoms. The number of morpholine rings is 1. The van der Waals surface area contributed by atoms with Crippen molar-refractivity contribution in [3.8, 4) is 0 Å². The summed E-state index contributed by atoms with van der Waals surface area (Å²) in [6.07, 6.45) is 0. The molecule has 3 aromatic carbocycles. The van der Waals surface area contributed by atoms with Gasteiger partial charge in [0.2, 0.25) is 11.9 Å². The predicted molar refractivity (Wildman–Crippen MR) is 189 cm³/mol. The maximum atomic E-state index is 5.94. The molecule has 0 unspecified atom stereocenters. The fraction of sp³-hybridized carbons (Fsp3) is 0.273. The minimum Gasteiger partial charge on any atom is -0.379 e. The molecule has 3 heterocycles. The molecule has 0 aliphatic carbocycles. The number of para-hydroxylation sites is 2. The van der Waals surface area contributed by atoms with Crippen molar-refractivity contribution in [3.63, 3.8) is 0 Å². The molecule has 0 saturated carbocycles. The summed E-state index contributed by atoms with van der Waals surface area (Å²) < 4.78 is 7.63. The van der Waals surface area contributed by atoms with Gasteiger partial charge in [0, 0.05) is 29.6 Å². The average Bonchev–Trinajstić information content (AvgIpc) is 3.07. The van der Waals surface area contributed by atoms with E-state index in [4.69, 9.17) is 16.2 Å². The fourth-order valence-electron chi connectivity index (χ4n) is 4.66. The number of guanidine groups is 2. The number of anilines is 2. The third kappa shape index (κ3) is 9.57. The number of rotatable bonds is 8. The number of nitrogens with zero attached hydrogens (tertiary/aromatic N) is 7. The van der Waals surface area contributed by atoms with Gasteiger partial charge in [0.05, 0.1) is 48.7 Å². The number of nitrogens with two attached hydrogens (primary N) is 2. The lowest BCUT2D eigenvalue weighted by Gasteiger charge is -2.24. The van der Waals surface area contributed by atoms with E-state index in [1.54, 1.807) is 11.9 Å². The zero-order valence-electron chi connectivity index (χ0n) is 26.1. The first-order valence-electron chi connectivity index (χ1n) is 15.0. The van der Waals surface area contributed by atoms with Gasteiger partial charge >= 0.3 is 0 Å². The van der Waals surface area contributed by atoms with Gasteiger partial charge in [-0.25, -0.2) is 29.2 Å². The fourth-order valence-corrected chi connectivity index (χ4v) is 5.50. The Bertz CT molecular complexity index is 1790. The van der Waals surface area contributed by atoms with E-state index in [2.05, 4.69) is 44.9 Å². The summed E-state index contributed by atoms with van der Waals surface area (Å²) in [4.78, 5) is 26.4. The van der Waals surface area contributed by atoms with Crippen LogP contribution >= 0.6 is 11.9 Å². The molecule has 46 heavy (non-hydrogen) atoms. The molecular formula is C33H39N11OS. The summed E-state index contributed by atoms with van der Waals surface area (Å²) in [5, 5.41) is 8.00. The highest BCUT2D eigenvalue weighted by Gasteiger charge is 2.10. The highest BCUT2D eigenvalue weighted by atomic mass is 32.2. The number of hydrogen-bond acceptors (Lipinski definition) is 9. The molecule has 0 atom stereocenters. The standard InChI is InChI=1S/C17H17N5.C16H22N6OS/c1-12-14-9-5-6-10-15(14)21-17(20-12)22-16(18)19-11-13-7-3-2-4-8-13;1-12-13-4-2-3-5-14(13)20-16(19-12)21-15(17)18-6-11-24-22-7-9-23-10-8-22/h2-10H,11H2,1H3,(H3,18,19,20,21,22);2-5H,6-11H2,1H3,(H3,17,18,19,20,21). The molecule has 0 spiro atoms. The molecule has 1 saturated heterocycles. The second-order valence-electron chi connectivity index (χ2n) is 10.4. The van der Waals surface area contributed by atoms with E-state index in [0.717, 1.165) is 70.8 Å². The van der Waals surface area contributed by atoms with Gasteiger partial charge in [0.1, 0.15) is 0 Å². The van der Waals surface area contributed by atoms with E-state index >= 15 is 0 Å². The molecule has 6 rings (SSSR count). The largest absolute Gasteiger partial charge is 0.379 e. The molecule has 1 fully saturated rings. The highest BCUT2D eigenvalue weighted by molar-refractivity contribution is 7.97. The lowest BCUT2D eigenvalue weighted by Crippen LogP contribution is -2.31. The van der Waals surface area contributed by atoms with E-state index in [9.17, 15) is 0 Å². The summed E-state index contributed by atoms with van der Waals surface area (Å²) in [5.74, 6) is 2.48. The average molecular weight is 638 g/mol. The van der Waals surface area contributed by atoms with E-state index in [1.807, 2.05) is 92.7 Å². The Morgan fingerprint density at radius 2 is 1.26 bits per heavy atom. The van der Waals surface area contributed by atoms with Gasteiger partial charge in [-0.05, 0) is 31.5 Å².